The second-order valence-electron chi connectivity index (χ2n) is 9.41. The van der Waals surface area contributed by atoms with Crippen molar-refractivity contribution in [3.63, 3.8) is 0 Å². The van der Waals surface area contributed by atoms with Crippen molar-refractivity contribution in [1.82, 2.24) is 19.7 Å². The lowest BCUT2D eigenvalue weighted by Gasteiger charge is -2.43. The molecule has 2 fully saturated rings. The number of hydrogen-bond acceptors (Lipinski definition) is 4. The van der Waals surface area contributed by atoms with Crippen LogP contribution in [0.2, 0.25) is 0 Å². The van der Waals surface area contributed by atoms with Gasteiger partial charge in [0.2, 0.25) is 5.91 Å². The molecule has 1 aromatic rings. The largest absolute Gasteiger partial charge is 0.340 e. The maximum Gasteiger partial charge on any atom is 0.272 e. The van der Waals surface area contributed by atoms with Crippen LogP contribution in [-0.2, 0) is 11.2 Å². The van der Waals surface area contributed by atoms with E-state index in [2.05, 4.69) is 23.7 Å². The van der Waals surface area contributed by atoms with Crippen LogP contribution in [0, 0.1) is 0 Å². The molecule has 2 aliphatic rings. The van der Waals surface area contributed by atoms with Crippen LogP contribution in [0.3, 0.4) is 0 Å². The van der Waals surface area contributed by atoms with Gasteiger partial charge in [-0.3, -0.25) is 19.5 Å². The van der Waals surface area contributed by atoms with E-state index in [0.29, 0.717) is 18.7 Å². The third-order valence-electron chi connectivity index (χ3n) is 6.97. The molecule has 6 heteroatoms. The molecule has 3 rings (SSSR count). The maximum absolute atomic E-state index is 12.9. The summed E-state index contributed by atoms with van der Waals surface area (Å²) in [5, 5.41) is 0. The van der Waals surface area contributed by atoms with Gasteiger partial charge in [-0.15, -0.1) is 0 Å². The predicted octanol–water partition coefficient (Wildman–Crippen LogP) is 4.14. The van der Waals surface area contributed by atoms with E-state index < -0.39 is 0 Å². The molecule has 0 aromatic carbocycles. The quantitative estimate of drug-likeness (QED) is 0.457. The van der Waals surface area contributed by atoms with Crippen LogP contribution in [0.5, 0.6) is 0 Å². The van der Waals surface area contributed by atoms with E-state index in [4.69, 9.17) is 0 Å². The normalized spacial score (nSPS) is 17.2. The van der Waals surface area contributed by atoms with Crippen molar-refractivity contribution in [1.29, 1.82) is 0 Å². The number of piperazine rings is 1. The molecule has 2 heterocycles. The molecule has 32 heavy (non-hydrogen) atoms. The fraction of sp³-hybridized carbons (Fsp3) is 0.731. The van der Waals surface area contributed by atoms with Crippen molar-refractivity contribution < 1.29 is 9.59 Å². The van der Waals surface area contributed by atoms with Gasteiger partial charge in [-0.25, -0.2) is 0 Å². The minimum Gasteiger partial charge on any atom is -0.340 e. The summed E-state index contributed by atoms with van der Waals surface area (Å²) >= 11 is 0. The highest BCUT2D eigenvalue weighted by Gasteiger charge is 2.29. The molecule has 1 aliphatic heterocycles. The second-order valence-corrected chi connectivity index (χ2v) is 9.41. The molecule has 1 aliphatic carbocycles. The zero-order valence-corrected chi connectivity index (χ0v) is 20.2. The first-order valence-corrected chi connectivity index (χ1v) is 12.9. The Balaban J connectivity index is 1.38. The van der Waals surface area contributed by atoms with Crippen molar-refractivity contribution in [2.45, 2.75) is 84.1 Å². The Bertz CT molecular complexity index is 709. The fourth-order valence-corrected chi connectivity index (χ4v) is 4.65. The Labute approximate surface area is 194 Å². The molecule has 178 valence electrons. The van der Waals surface area contributed by atoms with E-state index in [9.17, 15) is 9.59 Å². The van der Waals surface area contributed by atoms with E-state index >= 15 is 0 Å². The Hall–Kier alpha value is -1.95. The summed E-state index contributed by atoms with van der Waals surface area (Å²) in [6.45, 7) is 9.49. The van der Waals surface area contributed by atoms with Crippen molar-refractivity contribution in [3.05, 3.63) is 29.6 Å². The van der Waals surface area contributed by atoms with E-state index in [0.717, 1.165) is 77.3 Å². The standard InChI is InChI=1S/C26H42N4O2/c1-3-5-9-22-13-14-24(27-21-22)26(32)30(15-4-2)16-7-6-12-25(31)29-19-17-28(18-20-29)23-10-8-11-23/h13-14,21,23H,3-12,15-20H2,1-2H3. The van der Waals surface area contributed by atoms with Gasteiger partial charge in [0.1, 0.15) is 5.69 Å². The van der Waals surface area contributed by atoms with Crippen molar-refractivity contribution in [3.8, 4) is 0 Å². The lowest BCUT2D eigenvalue weighted by atomic mass is 9.91. The number of carbonyl (C=O) groups is 2. The Kier molecular flexibility index (Phi) is 9.97. The number of carbonyl (C=O) groups excluding carboxylic acids is 2. The average Bonchev–Trinajstić information content (AvgIpc) is 2.79. The first-order chi connectivity index (χ1) is 15.6. The average molecular weight is 443 g/mol. The van der Waals surface area contributed by atoms with Gasteiger partial charge in [0.05, 0.1) is 0 Å². The van der Waals surface area contributed by atoms with E-state index in [1.807, 2.05) is 28.1 Å². The first kappa shape index (κ1) is 24.7. The van der Waals surface area contributed by atoms with Gasteiger partial charge < -0.3 is 9.80 Å². The van der Waals surface area contributed by atoms with Crippen molar-refractivity contribution in [2.75, 3.05) is 39.3 Å². The third kappa shape index (κ3) is 7.03. The molecule has 1 aromatic heterocycles. The second kappa shape index (κ2) is 12.9. The van der Waals surface area contributed by atoms with E-state index in [1.54, 1.807) is 0 Å². The number of nitrogens with zero attached hydrogens (tertiary/aromatic N) is 4. The van der Waals surface area contributed by atoms with Crippen molar-refractivity contribution >= 4 is 11.8 Å². The Morgan fingerprint density at radius 3 is 2.38 bits per heavy atom. The molecular weight excluding hydrogens is 400 g/mol. The highest BCUT2D eigenvalue weighted by molar-refractivity contribution is 5.92. The number of amides is 2. The van der Waals surface area contributed by atoms with Crippen LogP contribution >= 0.6 is 0 Å². The smallest absolute Gasteiger partial charge is 0.272 e. The summed E-state index contributed by atoms with van der Waals surface area (Å²) in [5.74, 6) is 0.281. The Morgan fingerprint density at radius 1 is 1.00 bits per heavy atom. The van der Waals surface area contributed by atoms with Gasteiger partial charge in [-0.1, -0.05) is 32.8 Å². The van der Waals surface area contributed by atoms with Gasteiger partial charge in [0.15, 0.2) is 0 Å². The van der Waals surface area contributed by atoms with Crippen molar-refractivity contribution in [2.24, 2.45) is 0 Å². The minimum atomic E-state index is 0.00679. The van der Waals surface area contributed by atoms with Crippen LogP contribution in [-0.4, -0.2) is 76.8 Å². The molecule has 2 amide bonds. The number of aryl methyl sites for hydroxylation is 1. The molecule has 1 saturated heterocycles. The number of pyridine rings is 1. The van der Waals surface area contributed by atoms with Gasteiger partial charge in [-0.05, 0) is 56.6 Å². The summed E-state index contributed by atoms with van der Waals surface area (Å²) in [4.78, 5) is 36.5. The zero-order chi connectivity index (χ0) is 22.8. The molecule has 0 atom stereocenters. The van der Waals surface area contributed by atoms with Crippen LogP contribution in [0.1, 0.15) is 87.7 Å². The summed E-state index contributed by atoms with van der Waals surface area (Å²) in [7, 11) is 0. The molecular formula is C26H42N4O2. The molecule has 0 N–H and O–H groups in total. The van der Waals surface area contributed by atoms with Gasteiger partial charge >= 0.3 is 0 Å². The molecule has 0 unspecified atom stereocenters. The molecule has 6 nitrogen and oxygen atoms in total. The molecule has 0 bridgehead atoms. The van der Waals surface area contributed by atoms with Crippen LogP contribution in [0.25, 0.3) is 0 Å². The number of unbranched alkanes of at least 4 members (excludes halogenated alkanes) is 2. The maximum atomic E-state index is 12.9. The summed E-state index contributed by atoms with van der Waals surface area (Å²) in [5.41, 5.74) is 1.72. The van der Waals surface area contributed by atoms with E-state index in [-0.39, 0.29) is 11.8 Å². The van der Waals surface area contributed by atoms with Gasteiger partial charge in [-0.2, -0.15) is 0 Å². The SMILES string of the molecule is CCCCc1ccc(C(=O)N(CCC)CCCCC(=O)N2CCN(C3CCC3)CC2)nc1. The Morgan fingerprint density at radius 2 is 1.78 bits per heavy atom. The van der Waals surface area contributed by atoms with E-state index in [1.165, 1.54) is 24.8 Å². The summed E-state index contributed by atoms with van der Waals surface area (Å²) < 4.78 is 0. The summed E-state index contributed by atoms with van der Waals surface area (Å²) in [6, 6.07) is 4.67. The van der Waals surface area contributed by atoms with Crippen LogP contribution < -0.4 is 0 Å². The predicted molar refractivity (Wildman–Crippen MR) is 129 cm³/mol. The molecule has 0 spiro atoms. The number of aromatic nitrogens is 1. The molecule has 1 saturated carbocycles. The highest BCUT2D eigenvalue weighted by atomic mass is 16.2. The number of hydrogen-bond donors (Lipinski definition) is 0. The lowest BCUT2D eigenvalue weighted by Crippen LogP contribution is -2.53. The fourth-order valence-electron chi connectivity index (χ4n) is 4.65. The first-order valence-electron chi connectivity index (χ1n) is 12.9. The third-order valence-corrected chi connectivity index (χ3v) is 6.97. The van der Waals surface area contributed by atoms with Crippen LogP contribution in [0.4, 0.5) is 0 Å². The minimum absolute atomic E-state index is 0.00679. The van der Waals surface area contributed by atoms with Gasteiger partial charge in [0.25, 0.3) is 5.91 Å². The lowest BCUT2D eigenvalue weighted by molar-refractivity contribution is -0.133. The molecule has 0 radical (unpaired) electrons. The number of rotatable bonds is 12. The van der Waals surface area contributed by atoms with Gasteiger partial charge in [0, 0.05) is 57.9 Å². The monoisotopic (exact) mass is 442 g/mol. The van der Waals surface area contributed by atoms with Crippen LogP contribution in [0.15, 0.2) is 18.3 Å². The summed E-state index contributed by atoms with van der Waals surface area (Å²) in [6.07, 6.45) is 12.4. The topological polar surface area (TPSA) is 56.8 Å². The zero-order valence-electron chi connectivity index (χ0n) is 20.2. The highest BCUT2D eigenvalue weighted by Crippen LogP contribution is 2.25.